The van der Waals surface area contributed by atoms with Gasteiger partial charge in [0.25, 0.3) is 0 Å². The molecule has 2 unspecified atom stereocenters. The molecule has 8 atom stereocenters. The van der Waals surface area contributed by atoms with Gasteiger partial charge in [-0.05, 0) is 38.0 Å². The smallest absolute Gasteiger partial charge is 0.201 e. The molecule has 5 rings (SSSR count). The van der Waals surface area contributed by atoms with Crippen molar-refractivity contribution >= 4 is 0 Å². The second kappa shape index (κ2) is 4.65. The van der Waals surface area contributed by atoms with Crippen molar-refractivity contribution in [2.75, 3.05) is 7.11 Å². The highest BCUT2D eigenvalue weighted by atomic mass is 17.3. The van der Waals surface area contributed by atoms with E-state index in [2.05, 4.69) is 13.8 Å². The van der Waals surface area contributed by atoms with Crippen molar-refractivity contribution < 1.29 is 24.0 Å². The zero-order chi connectivity index (χ0) is 14.8. The van der Waals surface area contributed by atoms with Crippen LogP contribution in [0.15, 0.2) is 0 Å². The molecular formula is C16H26O5. The molecule has 0 N–H and O–H groups in total. The molecule has 0 aromatic heterocycles. The molecule has 120 valence electrons. The fraction of sp³-hybridized carbons (Fsp3) is 1.00. The third-order valence-electron chi connectivity index (χ3n) is 6.33. The van der Waals surface area contributed by atoms with E-state index in [4.69, 9.17) is 24.0 Å². The third kappa shape index (κ3) is 1.81. The minimum Gasteiger partial charge on any atom is -0.355 e. The van der Waals surface area contributed by atoms with Crippen molar-refractivity contribution in [2.24, 2.45) is 23.7 Å². The van der Waals surface area contributed by atoms with Crippen LogP contribution in [0.25, 0.3) is 0 Å². The van der Waals surface area contributed by atoms with Gasteiger partial charge in [0.15, 0.2) is 18.2 Å². The second-order valence-electron chi connectivity index (χ2n) is 7.51. The monoisotopic (exact) mass is 298 g/mol. The molecule has 0 aromatic carbocycles. The fourth-order valence-corrected chi connectivity index (χ4v) is 5.14. The molecule has 2 bridgehead atoms. The van der Waals surface area contributed by atoms with Gasteiger partial charge in [-0.15, -0.1) is 0 Å². The number of hydrogen-bond donors (Lipinski definition) is 0. The maximum atomic E-state index is 6.21. The minimum absolute atomic E-state index is 0.230. The van der Waals surface area contributed by atoms with E-state index in [0.717, 1.165) is 19.3 Å². The van der Waals surface area contributed by atoms with Gasteiger partial charge in [0.05, 0.1) is 0 Å². The molecule has 4 saturated heterocycles. The van der Waals surface area contributed by atoms with Crippen LogP contribution < -0.4 is 0 Å². The zero-order valence-electron chi connectivity index (χ0n) is 13.3. The van der Waals surface area contributed by atoms with Crippen LogP contribution in [0.4, 0.5) is 0 Å². The molecule has 5 heteroatoms. The molecule has 1 aliphatic carbocycles. The van der Waals surface area contributed by atoms with Gasteiger partial charge in [0, 0.05) is 25.4 Å². The Kier molecular flexibility index (Phi) is 3.19. The predicted molar refractivity (Wildman–Crippen MR) is 73.8 cm³/mol. The molecular weight excluding hydrogens is 272 g/mol. The summed E-state index contributed by atoms with van der Waals surface area (Å²) in [4.78, 5) is 11.8. The first-order valence-electron chi connectivity index (χ1n) is 8.23. The first-order valence-corrected chi connectivity index (χ1v) is 8.23. The van der Waals surface area contributed by atoms with Crippen molar-refractivity contribution in [2.45, 2.75) is 70.4 Å². The molecule has 1 saturated carbocycles. The highest BCUT2D eigenvalue weighted by molar-refractivity contribution is 5.08. The average molecular weight is 298 g/mol. The number of hydrogen-bond acceptors (Lipinski definition) is 5. The Bertz CT molecular complexity index is 429. The van der Waals surface area contributed by atoms with Crippen LogP contribution in [-0.4, -0.2) is 31.1 Å². The predicted octanol–water partition coefficient (Wildman–Crippen LogP) is 2.84. The summed E-state index contributed by atoms with van der Waals surface area (Å²) in [5.74, 6) is 0.953. The molecule has 0 radical (unpaired) electrons. The van der Waals surface area contributed by atoms with Crippen LogP contribution in [0.5, 0.6) is 0 Å². The highest BCUT2D eigenvalue weighted by Crippen LogP contribution is 2.60. The van der Waals surface area contributed by atoms with E-state index in [0.29, 0.717) is 17.8 Å². The molecule has 4 aliphatic heterocycles. The first-order chi connectivity index (χ1) is 10.00. The SMILES string of the molecule is COC1O[C@@H]2O[C@@]3(C)CCC4[C@H](C)CC[C@@H]([C@H]1C)[C@]42OO3. The van der Waals surface area contributed by atoms with Crippen LogP contribution in [-0.2, 0) is 24.0 Å². The molecule has 0 aromatic rings. The zero-order valence-corrected chi connectivity index (χ0v) is 13.3. The van der Waals surface area contributed by atoms with Gasteiger partial charge >= 0.3 is 0 Å². The normalized spacial score (nSPS) is 59.4. The van der Waals surface area contributed by atoms with E-state index in [-0.39, 0.29) is 12.2 Å². The van der Waals surface area contributed by atoms with Crippen molar-refractivity contribution in [1.29, 1.82) is 0 Å². The first kappa shape index (κ1) is 14.4. The Morgan fingerprint density at radius 2 is 1.86 bits per heavy atom. The fourth-order valence-electron chi connectivity index (χ4n) is 5.14. The Hall–Kier alpha value is -0.200. The van der Waals surface area contributed by atoms with Crippen LogP contribution >= 0.6 is 0 Å². The Morgan fingerprint density at radius 1 is 1.05 bits per heavy atom. The van der Waals surface area contributed by atoms with Gasteiger partial charge < -0.3 is 14.2 Å². The van der Waals surface area contributed by atoms with E-state index in [1.165, 1.54) is 6.42 Å². The van der Waals surface area contributed by atoms with Crippen LogP contribution in [0.3, 0.4) is 0 Å². The summed E-state index contributed by atoms with van der Waals surface area (Å²) in [5.41, 5.74) is -0.470. The molecule has 21 heavy (non-hydrogen) atoms. The van der Waals surface area contributed by atoms with Crippen LogP contribution in [0.1, 0.15) is 46.5 Å². The Balaban J connectivity index is 1.79. The van der Waals surface area contributed by atoms with Gasteiger partial charge in [0.2, 0.25) is 5.79 Å². The largest absolute Gasteiger partial charge is 0.355 e. The molecule has 0 amide bonds. The molecule has 5 nitrogen and oxygen atoms in total. The summed E-state index contributed by atoms with van der Waals surface area (Å²) in [5, 5.41) is 0. The van der Waals surface area contributed by atoms with Gasteiger partial charge in [-0.1, -0.05) is 13.8 Å². The van der Waals surface area contributed by atoms with Gasteiger partial charge in [-0.25, -0.2) is 9.78 Å². The lowest BCUT2D eigenvalue weighted by molar-refractivity contribution is -0.577. The molecule has 1 spiro atoms. The topological polar surface area (TPSA) is 46.2 Å². The van der Waals surface area contributed by atoms with E-state index < -0.39 is 17.7 Å². The number of ether oxygens (including phenoxy) is 3. The Morgan fingerprint density at radius 3 is 2.62 bits per heavy atom. The lowest BCUT2D eigenvalue weighted by Crippen LogP contribution is -2.70. The van der Waals surface area contributed by atoms with E-state index in [1.54, 1.807) is 7.11 Å². The van der Waals surface area contributed by atoms with Crippen molar-refractivity contribution in [3.05, 3.63) is 0 Å². The molecule has 5 fully saturated rings. The number of fused-ring (bicyclic) bond motifs is 2. The minimum atomic E-state index is -0.698. The summed E-state index contributed by atoms with van der Waals surface area (Å²) in [6, 6.07) is 0. The molecule has 5 aliphatic rings. The van der Waals surface area contributed by atoms with E-state index in [1.807, 2.05) is 6.92 Å². The summed E-state index contributed by atoms with van der Waals surface area (Å²) < 4.78 is 17.9. The average Bonchev–Trinajstić information content (AvgIpc) is 2.69. The summed E-state index contributed by atoms with van der Waals surface area (Å²) >= 11 is 0. The molecule has 4 heterocycles. The van der Waals surface area contributed by atoms with Crippen molar-refractivity contribution in [3.63, 3.8) is 0 Å². The maximum absolute atomic E-state index is 6.21. The summed E-state index contributed by atoms with van der Waals surface area (Å²) in [6.07, 6.45) is 3.64. The van der Waals surface area contributed by atoms with Crippen LogP contribution in [0, 0.1) is 23.7 Å². The standard InChI is InChI=1S/C16H26O5/c1-9-5-6-12-10(2)13(17-4)18-14-16(12)11(9)7-8-15(3,19-14)20-21-16/h9-14H,5-8H2,1-4H3/t9-,10-,11?,12+,13?,14-,15-,16-/m1/s1. The van der Waals surface area contributed by atoms with E-state index in [9.17, 15) is 0 Å². The maximum Gasteiger partial charge on any atom is 0.201 e. The van der Waals surface area contributed by atoms with Gasteiger partial charge in [-0.3, -0.25) is 0 Å². The van der Waals surface area contributed by atoms with Gasteiger partial charge in [-0.2, -0.15) is 0 Å². The second-order valence-corrected chi connectivity index (χ2v) is 7.51. The van der Waals surface area contributed by atoms with Crippen molar-refractivity contribution in [1.82, 2.24) is 0 Å². The summed E-state index contributed by atoms with van der Waals surface area (Å²) in [7, 11) is 1.70. The number of methoxy groups -OCH3 is 1. The van der Waals surface area contributed by atoms with Gasteiger partial charge in [0.1, 0.15) is 0 Å². The Labute approximate surface area is 126 Å². The highest BCUT2D eigenvalue weighted by Gasteiger charge is 2.69. The quantitative estimate of drug-likeness (QED) is 0.697. The lowest BCUT2D eigenvalue weighted by Gasteiger charge is -2.60. The summed E-state index contributed by atoms with van der Waals surface area (Å²) in [6.45, 7) is 6.46. The lowest BCUT2D eigenvalue weighted by atomic mass is 9.58. The third-order valence-corrected chi connectivity index (χ3v) is 6.33. The van der Waals surface area contributed by atoms with E-state index >= 15 is 0 Å². The number of rotatable bonds is 1. The van der Waals surface area contributed by atoms with Crippen LogP contribution in [0.2, 0.25) is 0 Å². The van der Waals surface area contributed by atoms with Crippen molar-refractivity contribution in [3.8, 4) is 0 Å².